The molecule has 3 nitrogen and oxygen atoms in total. The fraction of sp³-hybridized carbons (Fsp3) is 0.889. The molecule has 3 heteroatoms. The molecule has 1 aliphatic heterocycles. The Labute approximate surface area is 74.3 Å². The van der Waals surface area contributed by atoms with Crippen molar-refractivity contribution in [3.8, 4) is 0 Å². The summed E-state index contributed by atoms with van der Waals surface area (Å²) in [4.78, 5) is 14.5. The van der Waals surface area contributed by atoms with Crippen molar-refractivity contribution in [3.05, 3.63) is 0 Å². The molecule has 69 valence electrons. The standard InChI is InChI=1S/C9H17N2O/c1-3-11(4-2)9-5-6-10(7-9)8-12/h9H,3-7H2,1-2H3/t9-/m0/s1. The van der Waals surface area contributed by atoms with Gasteiger partial charge in [0, 0.05) is 19.1 Å². The first-order valence-corrected chi connectivity index (χ1v) is 4.68. The second kappa shape index (κ2) is 4.45. The second-order valence-corrected chi connectivity index (χ2v) is 3.20. The summed E-state index contributed by atoms with van der Waals surface area (Å²) >= 11 is 0. The van der Waals surface area contributed by atoms with E-state index in [4.69, 9.17) is 0 Å². The summed E-state index contributed by atoms with van der Waals surface area (Å²) < 4.78 is 0. The van der Waals surface area contributed by atoms with Crippen LogP contribution in [0, 0.1) is 0 Å². The van der Waals surface area contributed by atoms with Crippen LogP contribution in [0.15, 0.2) is 0 Å². The number of amides is 1. The SMILES string of the molecule is CCN(CC)[C@H]1CCN([C]=O)C1. The van der Waals surface area contributed by atoms with Gasteiger partial charge in [0.2, 0.25) is 0 Å². The van der Waals surface area contributed by atoms with Gasteiger partial charge in [-0.15, -0.1) is 0 Å². The lowest BCUT2D eigenvalue weighted by Crippen LogP contribution is -2.37. The van der Waals surface area contributed by atoms with Gasteiger partial charge < -0.3 is 4.90 Å². The number of carbonyl (C=O) groups excluding carboxylic acids is 1. The molecule has 1 aliphatic rings. The molecule has 0 spiro atoms. The molecule has 0 bridgehead atoms. The molecule has 0 unspecified atom stereocenters. The highest BCUT2D eigenvalue weighted by Gasteiger charge is 2.25. The Morgan fingerprint density at radius 2 is 2.17 bits per heavy atom. The van der Waals surface area contributed by atoms with Gasteiger partial charge in [-0.05, 0) is 19.5 Å². The van der Waals surface area contributed by atoms with Crippen molar-refractivity contribution < 1.29 is 4.79 Å². The number of hydrogen-bond donors (Lipinski definition) is 0. The zero-order chi connectivity index (χ0) is 8.97. The summed E-state index contributed by atoms with van der Waals surface area (Å²) in [6.45, 7) is 8.23. The summed E-state index contributed by atoms with van der Waals surface area (Å²) in [5, 5.41) is 0. The molecular formula is C9H17N2O. The molecule has 0 saturated carbocycles. The predicted octanol–water partition coefficient (Wildman–Crippen LogP) is 0.470. The van der Waals surface area contributed by atoms with Crippen molar-refractivity contribution in [3.63, 3.8) is 0 Å². The van der Waals surface area contributed by atoms with E-state index in [1.54, 1.807) is 4.90 Å². The van der Waals surface area contributed by atoms with Gasteiger partial charge in [0.15, 0.2) is 0 Å². The highest BCUT2D eigenvalue weighted by molar-refractivity contribution is 5.48. The maximum atomic E-state index is 10.3. The molecule has 1 amide bonds. The van der Waals surface area contributed by atoms with Crippen LogP contribution >= 0.6 is 0 Å². The van der Waals surface area contributed by atoms with Crippen molar-refractivity contribution in [1.82, 2.24) is 9.80 Å². The molecule has 0 N–H and O–H groups in total. The number of hydrogen-bond acceptors (Lipinski definition) is 2. The molecule has 0 aliphatic carbocycles. The van der Waals surface area contributed by atoms with Crippen LogP contribution in [0.3, 0.4) is 0 Å². The van der Waals surface area contributed by atoms with Crippen molar-refractivity contribution in [2.45, 2.75) is 26.3 Å². The summed E-state index contributed by atoms with van der Waals surface area (Å²) in [6.07, 6.45) is 3.06. The molecule has 1 saturated heterocycles. The summed E-state index contributed by atoms with van der Waals surface area (Å²) in [6, 6.07) is 0.571. The van der Waals surface area contributed by atoms with Crippen molar-refractivity contribution in [2.24, 2.45) is 0 Å². The average molecular weight is 169 g/mol. The van der Waals surface area contributed by atoms with Gasteiger partial charge in [-0.25, -0.2) is 0 Å². The maximum absolute atomic E-state index is 10.3. The van der Waals surface area contributed by atoms with Gasteiger partial charge in [-0.2, -0.15) is 0 Å². The molecule has 0 aromatic carbocycles. The Balaban J connectivity index is 2.38. The van der Waals surface area contributed by atoms with E-state index in [1.807, 2.05) is 6.41 Å². The van der Waals surface area contributed by atoms with Crippen LogP contribution in [-0.2, 0) is 4.79 Å². The fourth-order valence-electron chi connectivity index (χ4n) is 1.86. The van der Waals surface area contributed by atoms with Crippen LogP contribution in [0.4, 0.5) is 0 Å². The highest BCUT2D eigenvalue weighted by Crippen LogP contribution is 2.13. The Hall–Kier alpha value is -0.570. The molecular weight excluding hydrogens is 152 g/mol. The van der Waals surface area contributed by atoms with Crippen LogP contribution in [0.2, 0.25) is 0 Å². The molecule has 12 heavy (non-hydrogen) atoms. The third kappa shape index (κ3) is 1.97. The third-order valence-electron chi connectivity index (χ3n) is 2.62. The van der Waals surface area contributed by atoms with Gasteiger partial charge in [-0.1, -0.05) is 13.8 Å². The fourth-order valence-corrected chi connectivity index (χ4v) is 1.86. The van der Waals surface area contributed by atoms with Crippen molar-refractivity contribution in [1.29, 1.82) is 0 Å². The molecule has 1 atom stereocenters. The van der Waals surface area contributed by atoms with Gasteiger partial charge in [0.1, 0.15) is 0 Å². The molecule has 1 radical (unpaired) electrons. The van der Waals surface area contributed by atoms with Crippen LogP contribution in [0.5, 0.6) is 0 Å². The average Bonchev–Trinajstić information content (AvgIpc) is 2.55. The van der Waals surface area contributed by atoms with E-state index in [0.717, 1.165) is 32.6 Å². The van der Waals surface area contributed by atoms with Crippen LogP contribution in [0.25, 0.3) is 0 Å². The lowest BCUT2D eigenvalue weighted by atomic mass is 10.2. The minimum Gasteiger partial charge on any atom is -0.333 e. The number of likely N-dealkylation sites (N-methyl/N-ethyl adjacent to an activating group) is 1. The first kappa shape index (κ1) is 9.52. The molecule has 0 aromatic rings. The van der Waals surface area contributed by atoms with Gasteiger partial charge in [0.25, 0.3) is 0 Å². The van der Waals surface area contributed by atoms with E-state index in [-0.39, 0.29) is 0 Å². The van der Waals surface area contributed by atoms with Crippen LogP contribution in [-0.4, -0.2) is 48.4 Å². The molecule has 1 rings (SSSR count). The largest absolute Gasteiger partial charge is 0.333 e. The van der Waals surface area contributed by atoms with E-state index in [9.17, 15) is 4.79 Å². The first-order chi connectivity index (χ1) is 5.81. The smallest absolute Gasteiger partial charge is 0.312 e. The monoisotopic (exact) mass is 169 g/mol. The summed E-state index contributed by atoms with van der Waals surface area (Å²) in [5.41, 5.74) is 0. The Morgan fingerprint density at radius 3 is 2.58 bits per heavy atom. The number of rotatable bonds is 4. The van der Waals surface area contributed by atoms with Crippen molar-refractivity contribution >= 4 is 6.41 Å². The van der Waals surface area contributed by atoms with Gasteiger partial charge in [-0.3, -0.25) is 9.69 Å². The lowest BCUT2D eigenvalue weighted by Gasteiger charge is -2.25. The molecule has 1 heterocycles. The number of nitrogens with zero attached hydrogens (tertiary/aromatic N) is 2. The topological polar surface area (TPSA) is 23.6 Å². The van der Waals surface area contributed by atoms with E-state index in [0.29, 0.717) is 6.04 Å². The van der Waals surface area contributed by atoms with Crippen molar-refractivity contribution in [2.75, 3.05) is 26.2 Å². The van der Waals surface area contributed by atoms with E-state index in [2.05, 4.69) is 18.7 Å². The predicted molar refractivity (Wildman–Crippen MR) is 48.6 cm³/mol. The zero-order valence-electron chi connectivity index (χ0n) is 7.92. The zero-order valence-corrected chi connectivity index (χ0v) is 7.92. The molecule has 1 fully saturated rings. The Bertz CT molecular complexity index is 145. The minimum atomic E-state index is 0.571. The number of likely N-dealkylation sites (tertiary alicyclic amines) is 1. The Kier molecular flexibility index (Phi) is 3.53. The normalized spacial score (nSPS) is 23.6. The second-order valence-electron chi connectivity index (χ2n) is 3.20. The van der Waals surface area contributed by atoms with Gasteiger partial charge >= 0.3 is 6.41 Å². The lowest BCUT2D eigenvalue weighted by molar-refractivity contribution is 0.223. The van der Waals surface area contributed by atoms with E-state index < -0.39 is 0 Å². The minimum absolute atomic E-state index is 0.571. The summed E-state index contributed by atoms with van der Waals surface area (Å²) in [5.74, 6) is 0. The first-order valence-electron chi connectivity index (χ1n) is 4.68. The van der Waals surface area contributed by atoms with E-state index in [1.165, 1.54) is 0 Å². The quantitative estimate of drug-likeness (QED) is 0.611. The molecule has 0 aromatic heterocycles. The van der Waals surface area contributed by atoms with Gasteiger partial charge in [0.05, 0.1) is 0 Å². The van der Waals surface area contributed by atoms with Crippen LogP contribution < -0.4 is 0 Å². The van der Waals surface area contributed by atoms with E-state index >= 15 is 0 Å². The highest BCUT2D eigenvalue weighted by atomic mass is 16.1. The Morgan fingerprint density at radius 1 is 1.50 bits per heavy atom. The van der Waals surface area contributed by atoms with Crippen LogP contribution in [0.1, 0.15) is 20.3 Å². The summed E-state index contributed by atoms with van der Waals surface area (Å²) in [7, 11) is 0. The maximum Gasteiger partial charge on any atom is 0.312 e. The third-order valence-corrected chi connectivity index (χ3v) is 2.62.